The Hall–Kier alpha value is -0.600. The van der Waals surface area contributed by atoms with Crippen molar-refractivity contribution in [3.63, 3.8) is 0 Å². The van der Waals surface area contributed by atoms with Crippen molar-refractivity contribution < 1.29 is 9.50 Å². The molecular formula is C11H14ClFO. The van der Waals surface area contributed by atoms with Gasteiger partial charge in [-0.15, -0.1) is 0 Å². The quantitative estimate of drug-likeness (QED) is 0.806. The van der Waals surface area contributed by atoms with Crippen molar-refractivity contribution in [3.8, 4) is 0 Å². The lowest BCUT2D eigenvalue weighted by atomic mass is 9.85. The van der Waals surface area contributed by atoms with Crippen molar-refractivity contribution >= 4 is 11.6 Å². The zero-order valence-electron chi connectivity index (χ0n) is 8.56. The number of rotatable bonds is 2. The van der Waals surface area contributed by atoms with E-state index in [0.717, 1.165) is 0 Å². The molecule has 1 rings (SSSR count). The number of halogens is 2. The summed E-state index contributed by atoms with van der Waals surface area (Å²) in [6.07, 6.45) is 0. The average molecular weight is 217 g/mol. The van der Waals surface area contributed by atoms with E-state index in [4.69, 9.17) is 16.7 Å². The molecule has 0 aliphatic rings. The predicted molar refractivity (Wildman–Crippen MR) is 56.3 cm³/mol. The molecule has 0 unspecified atom stereocenters. The van der Waals surface area contributed by atoms with Gasteiger partial charge in [0.25, 0.3) is 0 Å². The molecule has 1 aromatic carbocycles. The summed E-state index contributed by atoms with van der Waals surface area (Å²) in [5.41, 5.74) is 0.656. The van der Waals surface area contributed by atoms with Crippen molar-refractivity contribution in [3.05, 3.63) is 34.1 Å². The van der Waals surface area contributed by atoms with Crippen LogP contribution in [-0.2, 0) is 5.41 Å². The summed E-state index contributed by atoms with van der Waals surface area (Å²) in [6.45, 7) is 5.25. The minimum Gasteiger partial charge on any atom is -0.395 e. The van der Waals surface area contributed by atoms with Gasteiger partial charge >= 0.3 is 0 Å². The molecule has 0 spiro atoms. The molecule has 1 nitrogen and oxygen atoms in total. The summed E-state index contributed by atoms with van der Waals surface area (Å²) >= 11 is 5.88. The Morgan fingerprint density at radius 3 is 2.50 bits per heavy atom. The van der Waals surface area contributed by atoms with Gasteiger partial charge in [0.1, 0.15) is 5.82 Å². The summed E-state index contributed by atoms with van der Waals surface area (Å²) in [7, 11) is 0. The van der Waals surface area contributed by atoms with Crippen LogP contribution in [0.15, 0.2) is 12.1 Å². The molecule has 78 valence electrons. The van der Waals surface area contributed by atoms with Gasteiger partial charge in [0.05, 0.1) is 11.6 Å². The van der Waals surface area contributed by atoms with Gasteiger partial charge in [-0.05, 0) is 18.1 Å². The van der Waals surface area contributed by atoms with E-state index in [1.54, 1.807) is 19.1 Å². The van der Waals surface area contributed by atoms with Crippen molar-refractivity contribution in [2.45, 2.75) is 26.2 Å². The van der Waals surface area contributed by atoms with E-state index >= 15 is 0 Å². The minimum absolute atomic E-state index is 0.0603. The van der Waals surface area contributed by atoms with Crippen molar-refractivity contribution in [1.82, 2.24) is 0 Å². The van der Waals surface area contributed by atoms with Crippen LogP contribution in [0, 0.1) is 12.7 Å². The van der Waals surface area contributed by atoms with Crippen LogP contribution < -0.4 is 0 Å². The molecule has 0 aromatic heterocycles. The smallest absolute Gasteiger partial charge is 0.144 e. The fourth-order valence-corrected chi connectivity index (χ4v) is 1.72. The topological polar surface area (TPSA) is 20.2 Å². The fraction of sp³-hybridized carbons (Fsp3) is 0.455. The van der Waals surface area contributed by atoms with Gasteiger partial charge in [-0.2, -0.15) is 0 Å². The first-order chi connectivity index (χ1) is 6.40. The lowest BCUT2D eigenvalue weighted by molar-refractivity contribution is 0.218. The highest BCUT2D eigenvalue weighted by Gasteiger charge is 2.24. The molecule has 0 bridgehead atoms. The van der Waals surface area contributed by atoms with E-state index < -0.39 is 11.2 Å². The van der Waals surface area contributed by atoms with Crippen molar-refractivity contribution in [2.75, 3.05) is 6.61 Å². The Labute approximate surface area is 88.5 Å². The molecule has 14 heavy (non-hydrogen) atoms. The minimum atomic E-state index is -0.508. The third-order valence-corrected chi connectivity index (χ3v) is 2.77. The van der Waals surface area contributed by atoms with E-state index in [9.17, 15) is 4.39 Å². The number of benzene rings is 1. The number of hydrogen-bond acceptors (Lipinski definition) is 1. The number of hydrogen-bond donors (Lipinski definition) is 1. The van der Waals surface area contributed by atoms with Gasteiger partial charge < -0.3 is 5.11 Å². The Bertz CT molecular complexity index is 347. The van der Waals surface area contributed by atoms with Gasteiger partial charge in [-0.3, -0.25) is 0 Å². The SMILES string of the molecule is Cc1ccc(C(C)(C)CO)c(Cl)c1F. The van der Waals surface area contributed by atoms with Crippen LogP contribution >= 0.6 is 11.6 Å². The Kier molecular flexibility index (Phi) is 3.17. The highest BCUT2D eigenvalue weighted by molar-refractivity contribution is 6.31. The first-order valence-corrected chi connectivity index (χ1v) is 4.84. The van der Waals surface area contributed by atoms with Crippen LogP contribution in [0.4, 0.5) is 4.39 Å². The number of aliphatic hydroxyl groups excluding tert-OH is 1. The Morgan fingerprint density at radius 1 is 1.43 bits per heavy atom. The normalized spacial score (nSPS) is 11.9. The average Bonchev–Trinajstić information content (AvgIpc) is 2.14. The molecule has 0 fully saturated rings. The monoisotopic (exact) mass is 216 g/mol. The summed E-state index contributed by atoms with van der Waals surface area (Å²) < 4.78 is 13.4. The van der Waals surface area contributed by atoms with E-state index in [0.29, 0.717) is 11.1 Å². The molecule has 3 heteroatoms. The Balaban J connectivity index is 3.31. The van der Waals surface area contributed by atoms with Crippen LogP contribution in [-0.4, -0.2) is 11.7 Å². The maximum Gasteiger partial charge on any atom is 0.144 e. The molecule has 1 aromatic rings. The van der Waals surface area contributed by atoms with Crippen LogP contribution in [0.5, 0.6) is 0 Å². The number of aryl methyl sites for hydroxylation is 1. The second-order valence-electron chi connectivity index (χ2n) is 4.10. The maximum atomic E-state index is 13.4. The largest absolute Gasteiger partial charge is 0.395 e. The molecule has 0 atom stereocenters. The third kappa shape index (κ3) is 1.91. The third-order valence-electron chi connectivity index (χ3n) is 2.40. The zero-order chi connectivity index (χ0) is 10.9. The molecule has 0 heterocycles. The molecule has 0 aliphatic carbocycles. The summed E-state index contributed by atoms with van der Waals surface area (Å²) in [6, 6.07) is 3.44. The summed E-state index contributed by atoms with van der Waals surface area (Å²) in [4.78, 5) is 0. The van der Waals surface area contributed by atoms with Crippen LogP contribution in [0.3, 0.4) is 0 Å². The fourth-order valence-electron chi connectivity index (χ4n) is 1.25. The van der Waals surface area contributed by atoms with Gasteiger partial charge in [-0.25, -0.2) is 4.39 Å². The van der Waals surface area contributed by atoms with Gasteiger partial charge in [0.15, 0.2) is 0 Å². The summed E-state index contributed by atoms with van der Waals surface area (Å²) in [5, 5.41) is 9.27. The van der Waals surface area contributed by atoms with Gasteiger partial charge in [-0.1, -0.05) is 37.6 Å². The molecule has 0 aliphatic heterocycles. The van der Waals surface area contributed by atoms with E-state index in [-0.39, 0.29) is 11.6 Å². The maximum absolute atomic E-state index is 13.4. The lowest BCUT2D eigenvalue weighted by Crippen LogP contribution is -2.23. The first kappa shape index (κ1) is 11.5. The van der Waals surface area contributed by atoms with E-state index in [1.807, 2.05) is 13.8 Å². The number of aliphatic hydroxyl groups is 1. The van der Waals surface area contributed by atoms with Crippen molar-refractivity contribution in [2.24, 2.45) is 0 Å². The zero-order valence-corrected chi connectivity index (χ0v) is 9.32. The highest BCUT2D eigenvalue weighted by Crippen LogP contribution is 2.32. The molecule has 0 saturated carbocycles. The molecular weight excluding hydrogens is 203 g/mol. The van der Waals surface area contributed by atoms with Gasteiger partial charge in [0, 0.05) is 5.41 Å². The standard InChI is InChI=1S/C11H14ClFO/c1-7-4-5-8(9(12)10(7)13)11(2,3)6-14/h4-5,14H,6H2,1-3H3. The van der Waals surface area contributed by atoms with E-state index in [1.165, 1.54) is 0 Å². The second-order valence-corrected chi connectivity index (χ2v) is 4.48. The lowest BCUT2D eigenvalue weighted by Gasteiger charge is -2.24. The summed E-state index contributed by atoms with van der Waals surface area (Å²) in [5.74, 6) is -0.398. The van der Waals surface area contributed by atoms with Crippen molar-refractivity contribution in [1.29, 1.82) is 0 Å². The molecule has 0 amide bonds. The van der Waals surface area contributed by atoms with Crippen LogP contribution in [0.25, 0.3) is 0 Å². The molecule has 1 N–H and O–H groups in total. The van der Waals surface area contributed by atoms with Crippen LogP contribution in [0.2, 0.25) is 5.02 Å². The Morgan fingerprint density at radius 2 is 2.00 bits per heavy atom. The van der Waals surface area contributed by atoms with Crippen LogP contribution in [0.1, 0.15) is 25.0 Å². The second kappa shape index (κ2) is 3.87. The predicted octanol–water partition coefficient (Wildman–Crippen LogP) is 3.06. The first-order valence-electron chi connectivity index (χ1n) is 4.46. The molecule has 0 radical (unpaired) electrons. The highest BCUT2D eigenvalue weighted by atomic mass is 35.5. The van der Waals surface area contributed by atoms with E-state index in [2.05, 4.69) is 0 Å². The van der Waals surface area contributed by atoms with Gasteiger partial charge in [0.2, 0.25) is 0 Å². The molecule has 0 saturated heterocycles.